The smallest absolute Gasteiger partial charge is 0.161 e. The minimum atomic E-state index is -0.243. The summed E-state index contributed by atoms with van der Waals surface area (Å²) >= 11 is 2.89. The number of benzene rings is 1. The van der Waals surface area contributed by atoms with E-state index in [0.717, 1.165) is 39.0 Å². The van der Waals surface area contributed by atoms with Crippen molar-refractivity contribution in [2.24, 2.45) is 5.73 Å². The molecule has 0 saturated carbocycles. The van der Waals surface area contributed by atoms with Crippen LogP contribution in [0.3, 0.4) is 0 Å². The van der Waals surface area contributed by atoms with Gasteiger partial charge in [-0.2, -0.15) is 0 Å². The first-order chi connectivity index (χ1) is 10.3. The highest BCUT2D eigenvalue weighted by atomic mass is 32.1. The Labute approximate surface area is 131 Å². The second kappa shape index (κ2) is 6.38. The molecule has 1 atom stereocenters. The molecule has 3 aromatic rings. The highest BCUT2D eigenvalue weighted by Gasteiger charge is 2.18. The van der Waals surface area contributed by atoms with Crippen LogP contribution in [0.1, 0.15) is 35.7 Å². The van der Waals surface area contributed by atoms with Gasteiger partial charge in [0, 0.05) is 0 Å². The van der Waals surface area contributed by atoms with Crippen molar-refractivity contribution in [2.75, 3.05) is 0 Å². The zero-order chi connectivity index (χ0) is 14.7. The van der Waals surface area contributed by atoms with Gasteiger partial charge in [-0.3, -0.25) is 0 Å². The Bertz CT molecular complexity index is 707. The Morgan fingerprint density at radius 1 is 1.14 bits per heavy atom. The van der Waals surface area contributed by atoms with Crippen LogP contribution >= 0.6 is 22.9 Å². The number of nitrogens with two attached hydrogens (primary N) is 1. The lowest BCUT2D eigenvalue weighted by molar-refractivity contribution is 0.830. The van der Waals surface area contributed by atoms with Crippen LogP contribution in [0.4, 0.5) is 0 Å². The van der Waals surface area contributed by atoms with Gasteiger partial charge in [0.25, 0.3) is 0 Å². The highest BCUT2D eigenvalue weighted by Crippen LogP contribution is 2.32. The zero-order valence-corrected chi connectivity index (χ0v) is 13.2. The molecule has 7 heteroatoms. The van der Waals surface area contributed by atoms with Gasteiger partial charge in [0.2, 0.25) is 0 Å². The molecule has 0 saturated heterocycles. The number of rotatable bonds is 5. The van der Waals surface area contributed by atoms with Crippen LogP contribution in [0.25, 0.3) is 9.88 Å². The van der Waals surface area contributed by atoms with Crippen molar-refractivity contribution in [3.05, 3.63) is 46.6 Å². The van der Waals surface area contributed by atoms with Crippen LogP contribution in [0.2, 0.25) is 0 Å². The largest absolute Gasteiger partial charge is 0.318 e. The standard InChI is InChI=1S/C14H15N5S2/c1-2-6-10-12(21-19-16-10)14-18-17-13(20-14)11(15)9-7-4-3-5-8-9/h3-5,7-8,11H,2,6,15H2,1H3. The number of nitrogens with zero attached hydrogens (tertiary/aromatic N) is 4. The average Bonchev–Trinajstić information content (AvgIpc) is 3.16. The van der Waals surface area contributed by atoms with Crippen molar-refractivity contribution in [3.63, 3.8) is 0 Å². The van der Waals surface area contributed by atoms with E-state index in [2.05, 4.69) is 26.7 Å². The van der Waals surface area contributed by atoms with Gasteiger partial charge in [-0.1, -0.05) is 59.5 Å². The lowest BCUT2D eigenvalue weighted by Gasteiger charge is -2.06. The monoisotopic (exact) mass is 317 g/mol. The summed E-state index contributed by atoms with van der Waals surface area (Å²) in [6.07, 6.45) is 1.94. The Kier molecular flexibility index (Phi) is 4.33. The van der Waals surface area contributed by atoms with Crippen LogP contribution in [0, 0.1) is 0 Å². The van der Waals surface area contributed by atoms with Crippen molar-refractivity contribution >= 4 is 22.9 Å². The summed E-state index contributed by atoms with van der Waals surface area (Å²) in [4.78, 5) is 1.01. The van der Waals surface area contributed by atoms with E-state index < -0.39 is 0 Å². The molecule has 0 aliphatic carbocycles. The van der Waals surface area contributed by atoms with Crippen molar-refractivity contribution in [3.8, 4) is 9.88 Å². The van der Waals surface area contributed by atoms with Crippen LogP contribution in [0.5, 0.6) is 0 Å². The summed E-state index contributed by atoms with van der Waals surface area (Å²) in [6, 6.07) is 9.69. The molecule has 108 valence electrons. The normalized spacial score (nSPS) is 12.5. The van der Waals surface area contributed by atoms with Crippen molar-refractivity contribution < 1.29 is 0 Å². The first-order valence-corrected chi connectivity index (χ1v) is 8.34. The van der Waals surface area contributed by atoms with E-state index in [9.17, 15) is 0 Å². The molecule has 2 heterocycles. The Morgan fingerprint density at radius 3 is 2.71 bits per heavy atom. The molecule has 0 fully saturated rings. The zero-order valence-electron chi connectivity index (χ0n) is 11.6. The van der Waals surface area contributed by atoms with E-state index in [-0.39, 0.29) is 6.04 Å². The number of aromatic nitrogens is 4. The lowest BCUT2D eigenvalue weighted by atomic mass is 10.1. The van der Waals surface area contributed by atoms with E-state index in [0.29, 0.717) is 0 Å². The molecule has 5 nitrogen and oxygen atoms in total. The van der Waals surface area contributed by atoms with E-state index in [1.807, 2.05) is 30.3 Å². The molecule has 21 heavy (non-hydrogen) atoms. The van der Waals surface area contributed by atoms with Gasteiger partial charge >= 0.3 is 0 Å². The maximum absolute atomic E-state index is 6.26. The molecule has 0 radical (unpaired) electrons. The molecular weight excluding hydrogens is 302 g/mol. The van der Waals surface area contributed by atoms with E-state index in [4.69, 9.17) is 5.73 Å². The Balaban J connectivity index is 1.88. The lowest BCUT2D eigenvalue weighted by Crippen LogP contribution is -2.11. The maximum atomic E-state index is 6.26. The number of hydrogen-bond acceptors (Lipinski definition) is 7. The molecular formula is C14H15N5S2. The van der Waals surface area contributed by atoms with E-state index in [1.54, 1.807) is 0 Å². The minimum absolute atomic E-state index is 0.243. The van der Waals surface area contributed by atoms with Gasteiger partial charge in [-0.15, -0.1) is 15.3 Å². The molecule has 0 bridgehead atoms. The first kappa shape index (κ1) is 14.2. The molecule has 3 rings (SSSR count). The fourth-order valence-corrected chi connectivity index (χ4v) is 3.69. The SMILES string of the molecule is CCCc1nnsc1-c1nnc(C(N)c2ccccc2)s1. The fraction of sp³-hybridized carbons (Fsp3) is 0.286. The Hall–Kier alpha value is -1.70. The van der Waals surface area contributed by atoms with Crippen LogP contribution in [-0.2, 0) is 6.42 Å². The van der Waals surface area contributed by atoms with Gasteiger partial charge in [-0.25, -0.2) is 0 Å². The van der Waals surface area contributed by atoms with Crippen molar-refractivity contribution in [1.82, 2.24) is 19.8 Å². The van der Waals surface area contributed by atoms with Gasteiger partial charge in [0.1, 0.15) is 9.88 Å². The third-order valence-corrected chi connectivity index (χ3v) is 5.03. The Morgan fingerprint density at radius 2 is 1.95 bits per heavy atom. The molecule has 0 aliphatic heterocycles. The van der Waals surface area contributed by atoms with Gasteiger partial charge in [0.05, 0.1) is 11.7 Å². The first-order valence-electron chi connectivity index (χ1n) is 6.75. The van der Waals surface area contributed by atoms with E-state index >= 15 is 0 Å². The second-order valence-corrected chi connectivity index (χ2v) is 6.40. The van der Waals surface area contributed by atoms with Crippen LogP contribution in [0.15, 0.2) is 30.3 Å². The quantitative estimate of drug-likeness (QED) is 0.782. The topological polar surface area (TPSA) is 77.6 Å². The summed E-state index contributed by atoms with van der Waals surface area (Å²) in [5.74, 6) is 0. The van der Waals surface area contributed by atoms with Crippen LogP contribution < -0.4 is 5.73 Å². The fourth-order valence-electron chi connectivity index (χ4n) is 2.03. The molecule has 2 aromatic heterocycles. The molecule has 2 N–H and O–H groups in total. The number of aryl methyl sites for hydroxylation is 1. The van der Waals surface area contributed by atoms with E-state index in [1.165, 1.54) is 22.9 Å². The third kappa shape index (κ3) is 2.99. The summed E-state index contributed by atoms with van der Waals surface area (Å²) in [7, 11) is 0. The van der Waals surface area contributed by atoms with Crippen LogP contribution in [-0.4, -0.2) is 19.8 Å². The predicted octanol–water partition coefficient (Wildman–Crippen LogP) is 3.06. The third-order valence-electron chi connectivity index (χ3n) is 3.10. The summed E-state index contributed by atoms with van der Waals surface area (Å²) in [5, 5.41) is 14.4. The molecule has 0 spiro atoms. The van der Waals surface area contributed by atoms with Gasteiger partial charge < -0.3 is 5.73 Å². The van der Waals surface area contributed by atoms with Gasteiger partial charge in [0.15, 0.2) is 5.01 Å². The summed E-state index contributed by atoms with van der Waals surface area (Å²) in [5.41, 5.74) is 8.30. The molecule has 1 aromatic carbocycles. The molecule has 0 amide bonds. The second-order valence-electron chi connectivity index (χ2n) is 4.63. The highest BCUT2D eigenvalue weighted by molar-refractivity contribution is 7.19. The number of hydrogen-bond donors (Lipinski definition) is 1. The summed E-state index contributed by atoms with van der Waals surface area (Å²) in [6.45, 7) is 2.12. The predicted molar refractivity (Wildman–Crippen MR) is 85.3 cm³/mol. The summed E-state index contributed by atoms with van der Waals surface area (Å²) < 4.78 is 4.03. The molecule has 1 unspecified atom stereocenters. The average molecular weight is 317 g/mol. The van der Waals surface area contributed by atoms with Gasteiger partial charge in [-0.05, 0) is 23.5 Å². The van der Waals surface area contributed by atoms with Crippen molar-refractivity contribution in [1.29, 1.82) is 0 Å². The minimum Gasteiger partial charge on any atom is -0.318 e. The van der Waals surface area contributed by atoms with Crippen molar-refractivity contribution in [2.45, 2.75) is 25.8 Å². The maximum Gasteiger partial charge on any atom is 0.161 e. The molecule has 0 aliphatic rings.